The fourth-order valence-corrected chi connectivity index (χ4v) is 1.63. The highest BCUT2D eigenvalue weighted by Gasteiger charge is 2.25. The van der Waals surface area contributed by atoms with E-state index in [1.165, 1.54) is 0 Å². The molecular weight excluding hydrogens is 268 g/mol. The minimum absolute atomic E-state index is 0.195. The number of anilines is 1. The highest BCUT2D eigenvalue weighted by molar-refractivity contribution is 5.95. The summed E-state index contributed by atoms with van der Waals surface area (Å²) in [6, 6.07) is 3.42. The Morgan fingerprint density at radius 1 is 1.33 bits per heavy atom. The molecular formula is C15H24N4O2. The van der Waals surface area contributed by atoms with Crippen LogP contribution in [0.4, 0.5) is 5.82 Å². The summed E-state index contributed by atoms with van der Waals surface area (Å²) in [6.07, 6.45) is 0.976. The van der Waals surface area contributed by atoms with Crippen LogP contribution in [0.2, 0.25) is 0 Å². The van der Waals surface area contributed by atoms with E-state index in [0.29, 0.717) is 11.4 Å². The van der Waals surface area contributed by atoms with Crippen molar-refractivity contribution < 1.29 is 9.59 Å². The van der Waals surface area contributed by atoms with E-state index in [9.17, 15) is 9.59 Å². The Kier molecular flexibility index (Phi) is 5.69. The molecule has 2 amide bonds. The third-order valence-corrected chi connectivity index (χ3v) is 3.13. The molecule has 0 unspecified atom stereocenters. The SMILES string of the molecule is CCCNc1cc(C(=O)NCC(C)(C)C(N)=O)cc(C)n1. The van der Waals surface area contributed by atoms with Crippen molar-refractivity contribution in [2.45, 2.75) is 34.1 Å². The molecule has 0 atom stereocenters. The summed E-state index contributed by atoms with van der Waals surface area (Å²) in [5.41, 5.74) is 5.79. The Bertz CT molecular complexity index is 526. The summed E-state index contributed by atoms with van der Waals surface area (Å²) in [4.78, 5) is 27.7. The zero-order valence-corrected chi connectivity index (χ0v) is 13.1. The number of hydrogen-bond acceptors (Lipinski definition) is 4. The predicted octanol–water partition coefficient (Wildman–Crippen LogP) is 1.45. The first kappa shape index (κ1) is 16.9. The predicted molar refractivity (Wildman–Crippen MR) is 83.1 cm³/mol. The average molecular weight is 292 g/mol. The maximum absolute atomic E-state index is 12.2. The van der Waals surface area contributed by atoms with E-state index >= 15 is 0 Å². The molecule has 0 aliphatic rings. The fourth-order valence-electron chi connectivity index (χ4n) is 1.63. The molecule has 6 nitrogen and oxygen atoms in total. The van der Waals surface area contributed by atoms with Crippen molar-refractivity contribution in [2.24, 2.45) is 11.1 Å². The van der Waals surface area contributed by atoms with Crippen LogP contribution < -0.4 is 16.4 Å². The molecule has 0 fully saturated rings. The molecule has 0 bridgehead atoms. The number of hydrogen-bond donors (Lipinski definition) is 3. The number of carbonyl (C=O) groups is 2. The van der Waals surface area contributed by atoms with Crippen LogP contribution in [0.3, 0.4) is 0 Å². The van der Waals surface area contributed by atoms with Crippen LogP contribution in [-0.2, 0) is 4.79 Å². The fraction of sp³-hybridized carbons (Fsp3) is 0.533. The maximum Gasteiger partial charge on any atom is 0.251 e. The van der Waals surface area contributed by atoms with Gasteiger partial charge >= 0.3 is 0 Å². The minimum atomic E-state index is -0.777. The molecule has 1 rings (SSSR count). The zero-order chi connectivity index (χ0) is 16.0. The summed E-state index contributed by atoms with van der Waals surface area (Å²) < 4.78 is 0. The van der Waals surface area contributed by atoms with Crippen LogP contribution in [0.15, 0.2) is 12.1 Å². The summed E-state index contributed by atoms with van der Waals surface area (Å²) in [5.74, 6) is -0.00968. The molecule has 0 aromatic carbocycles. The first-order chi connectivity index (χ1) is 9.76. The lowest BCUT2D eigenvalue weighted by Gasteiger charge is -2.20. The number of aryl methyl sites for hydroxylation is 1. The van der Waals surface area contributed by atoms with E-state index in [1.807, 2.05) is 6.92 Å². The molecule has 6 heteroatoms. The highest BCUT2D eigenvalue weighted by atomic mass is 16.2. The van der Waals surface area contributed by atoms with Gasteiger partial charge in [-0.2, -0.15) is 0 Å². The summed E-state index contributed by atoms with van der Waals surface area (Å²) in [6.45, 7) is 8.28. The number of carbonyl (C=O) groups excluding carboxylic acids is 2. The Hall–Kier alpha value is -2.11. The third-order valence-electron chi connectivity index (χ3n) is 3.13. The molecule has 4 N–H and O–H groups in total. The monoisotopic (exact) mass is 292 g/mol. The molecule has 1 aromatic rings. The molecule has 1 heterocycles. The van der Waals surface area contributed by atoms with Crippen molar-refractivity contribution in [1.82, 2.24) is 10.3 Å². The van der Waals surface area contributed by atoms with Gasteiger partial charge in [-0.1, -0.05) is 6.92 Å². The van der Waals surface area contributed by atoms with Gasteiger partial charge in [0.25, 0.3) is 5.91 Å². The Morgan fingerprint density at radius 2 is 2.00 bits per heavy atom. The van der Waals surface area contributed by atoms with Gasteiger partial charge in [-0.25, -0.2) is 4.98 Å². The second-order valence-electron chi connectivity index (χ2n) is 5.74. The summed E-state index contributed by atoms with van der Waals surface area (Å²) in [7, 11) is 0. The first-order valence-corrected chi connectivity index (χ1v) is 7.07. The number of rotatable bonds is 7. The van der Waals surface area contributed by atoms with Crippen LogP contribution >= 0.6 is 0 Å². The lowest BCUT2D eigenvalue weighted by molar-refractivity contribution is -0.125. The minimum Gasteiger partial charge on any atom is -0.370 e. The van der Waals surface area contributed by atoms with Crippen LogP contribution in [0.5, 0.6) is 0 Å². The van der Waals surface area contributed by atoms with Gasteiger partial charge in [0.05, 0.1) is 5.41 Å². The summed E-state index contributed by atoms with van der Waals surface area (Å²) >= 11 is 0. The van der Waals surface area contributed by atoms with Gasteiger partial charge < -0.3 is 16.4 Å². The van der Waals surface area contributed by atoms with Gasteiger partial charge in [0.15, 0.2) is 0 Å². The van der Waals surface area contributed by atoms with Gasteiger partial charge in [-0.15, -0.1) is 0 Å². The molecule has 0 saturated carbocycles. The zero-order valence-electron chi connectivity index (χ0n) is 13.1. The molecule has 1 aromatic heterocycles. The van der Waals surface area contributed by atoms with E-state index in [2.05, 4.69) is 22.5 Å². The van der Waals surface area contributed by atoms with E-state index < -0.39 is 11.3 Å². The van der Waals surface area contributed by atoms with Crippen molar-refractivity contribution in [1.29, 1.82) is 0 Å². The van der Waals surface area contributed by atoms with Crippen molar-refractivity contribution in [3.63, 3.8) is 0 Å². The highest BCUT2D eigenvalue weighted by Crippen LogP contribution is 2.14. The standard InChI is InChI=1S/C15H24N4O2/c1-5-6-17-12-8-11(7-10(2)19-12)13(20)18-9-15(3,4)14(16)21/h7-8H,5-6,9H2,1-4H3,(H2,16,21)(H,17,19)(H,18,20). The maximum atomic E-state index is 12.2. The molecule has 0 aliphatic carbocycles. The summed E-state index contributed by atoms with van der Waals surface area (Å²) in [5, 5.41) is 5.89. The Labute approximate surface area is 125 Å². The van der Waals surface area contributed by atoms with Gasteiger partial charge in [-0.05, 0) is 39.3 Å². The molecule has 116 valence electrons. The Morgan fingerprint density at radius 3 is 2.57 bits per heavy atom. The van der Waals surface area contributed by atoms with Crippen molar-refractivity contribution in [3.8, 4) is 0 Å². The van der Waals surface area contributed by atoms with E-state index in [-0.39, 0.29) is 12.5 Å². The van der Waals surface area contributed by atoms with Crippen molar-refractivity contribution in [2.75, 3.05) is 18.4 Å². The third kappa shape index (κ3) is 5.06. The van der Waals surface area contributed by atoms with E-state index in [1.54, 1.807) is 26.0 Å². The molecule has 0 aliphatic heterocycles. The molecule has 21 heavy (non-hydrogen) atoms. The number of aromatic nitrogens is 1. The molecule has 0 radical (unpaired) electrons. The second-order valence-corrected chi connectivity index (χ2v) is 5.74. The van der Waals surface area contributed by atoms with E-state index in [4.69, 9.17) is 5.73 Å². The second kappa shape index (κ2) is 7.06. The first-order valence-electron chi connectivity index (χ1n) is 7.07. The Balaban J connectivity index is 2.78. The van der Waals surface area contributed by atoms with Crippen LogP contribution in [0.25, 0.3) is 0 Å². The lowest BCUT2D eigenvalue weighted by atomic mass is 9.92. The van der Waals surface area contributed by atoms with Gasteiger partial charge in [-0.3, -0.25) is 9.59 Å². The topological polar surface area (TPSA) is 97.1 Å². The number of nitrogens with one attached hydrogen (secondary N) is 2. The van der Waals surface area contributed by atoms with Gasteiger partial charge in [0.2, 0.25) is 5.91 Å². The number of primary amides is 1. The molecule has 0 saturated heterocycles. The van der Waals surface area contributed by atoms with Crippen LogP contribution in [-0.4, -0.2) is 29.9 Å². The number of amides is 2. The largest absolute Gasteiger partial charge is 0.370 e. The van der Waals surface area contributed by atoms with Crippen molar-refractivity contribution >= 4 is 17.6 Å². The average Bonchev–Trinajstić information content (AvgIpc) is 2.41. The lowest BCUT2D eigenvalue weighted by Crippen LogP contribution is -2.42. The number of nitrogens with two attached hydrogens (primary N) is 1. The van der Waals surface area contributed by atoms with Crippen molar-refractivity contribution in [3.05, 3.63) is 23.4 Å². The number of nitrogens with zero attached hydrogens (tertiary/aromatic N) is 1. The van der Waals surface area contributed by atoms with Crippen LogP contribution in [0.1, 0.15) is 43.2 Å². The van der Waals surface area contributed by atoms with Gasteiger partial charge in [0, 0.05) is 24.3 Å². The normalized spacial score (nSPS) is 11.0. The quantitative estimate of drug-likeness (QED) is 0.708. The number of pyridine rings is 1. The van der Waals surface area contributed by atoms with Gasteiger partial charge in [0.1, 0.15) is 5.82 Å². The smallest absolute Gasteiger partial charge is 0.251 e. The molecule has 0 spiro atoms. The van der Waals surface area contributed by atoms with E-state index in [0.717, 1.165) is 18.7 Å². The van der Waals surface area contributed by atoms with Crippen LogP contribution in [0, 0.1) is 12.3 Å².